The molecule has 2 rings (SSSR count). The van der Waals surface area contributed by atoms with Gasteiger partial charge in [-0.15, -0.1) is 0 Å². The van der Waals surface area contributed by atoms with E-state index in [4.69, 9.17) is 0 Å². The van der Waals surface area contributed by atoms with Gasteiger partial charge in [-0.3, -0.25) is 0 Å². The monoisotopic (exact) mass is 301 g/mol. The van der Waals surface area contributed by atoms with Gasteiger partial charge in [-0.1, -0.05) is 12.1 Å². The molecule has 0 radical (unpaired) electrons. The van der Waals surface area contributed by atoms with Crippen molar-refractivity contribution >= 4 is 15.5 Å². The van der Waals surface area contributed by atoms with E-state index in [1.54, 1.807) is 29.4 Å². The van der Waals surface area contributed by atoms with Gasteiger partial charge >= 0.3 is 5.76 Å². The lowest BCUT2D eigenvalue weighted by Crippen LogP contribution is -2.16. The number of hydrogen-bond donors (Lipinski definition) is 1. The van der Waals surface area contributed by atoms with Crippen molar-refractivity contribution in [1.29, 1.82) is 0 Å². The average molecular weight is 301 g/mol. The minimum atomic E-state index is -4.61. The van der Waals surface area contributed by atoms with Crippen molar-refractivity contribution < 1.29 is 17.2 Å². The molecule has 1 N–H and O–H groups in total. The van der Waals surface area contributed by atoms with E-state index >= 15 is 0 Å². The number of halogens is 2. The normalized spacial score (nSPS) is 11.8. The predicted molar refractivity (Wildman–Crippen MR) is 70.3 cm³/mol. The molecule has 1 aromatic carbocycles. The molecule has 0 bridgehead atoms. The van der Waals surface area contributed by atoms with Crippen molar-refractivity contribution in [3.8, 4) is 0 Å². The summed E-state index contributed by atoms with van der Waals surface area (Å²) >= 11 is 0. The van der Waals surface area contributed by atoms with E-state index in [1.165, 1.54) is 18.2 Å². The molecule has 0 atom stereocenters. The maximum atomic E-state index is 12.6. The summed E-state index contributed by atoms with van der Waals surface area (Å²) in [6.07, 6.45) is 4.99. The summed E-state index contributed by atoms with van der Waals surface area (Å²) in [4.78, 5) is 3.48. The lowest BCUT2D eigenvalue weighted by Gasteiger charge is -2.12. The Kier molecular flexibility index (Phi) is 4.33. The second-order valence-electron chi connectivity index (χ2n) is 4.03. The Morgan fingerprint density at radius 3 is 2.70 bits per heavy atom. The van der Waals surface area contributed by atoms with Crippen molar-refractivity contribution in [2.45, 2.75) is 17.2 Å². The lowest BCUT2D eigenvalue weighted by molar-refractivity contribution is 0.235. The van der Waals surface area contributed by atoms with E-state index in [2.05, 4.69) is 10.3 Å². The molecule has 0 spiro atoms. The minimum absolute atomic E-state index is 0.174. The number of alkyl halides is 2. The fraction of sp³-hybridized carbons (Fsp3) is 0.250. The summed E-state index contributed by atoms with van der Waals surface area (Å²) in [6, 6.07) is 5.63. The molecule has 20 heavy (non-hydrogen) atoms. The predicted octanol–water partition coefficient (Wildman–Crippen LogP) is 1.99. The zero-order valence-electron chi connectivity index (χ0n) is 10.4. The molecule has 1 aromatic heterocycles. The summed E-state index contributed by atoms with van der Waals surface area (Å²) in [5.74, 6) is -3.43. The highest BCUT2D eigenvalue weighted by atomic mass is 32.2. The molecule has 0 amide bonds. The number of imidazole rings is 1. The van der Waals surface area contributed by atoms with Gasteiger partial charge in [-0.05, 0) is 12.1 Å². The van der Waals surface area contributed by atoms with Crippen molar-refractivity contribution in [2.75, 3.05) is 11.9 Å². The van der Waals surface area contributed by atoms with Crippen LogP contribution in [0.15, 0.2) is 47.9 Å². The second kappa shape index (κ2) is 6.00. The Morgan fingerprint density at radius 1 is 1.30 bits per heavy atom. The molecule has 0 aliphatic heterocycles. The Labute approximate surface area is 115 Å². The molecule has 5 nitrogen and oxygen atoms in total. The summed E-state index contributed by atoms with van der Waals surface area (Å²) in [6.45, 7) is 0.940. The van der Waals surface area contributed by atoms with E-state index in [-0.39, 0.29) is 10.6 Å². The number of sulfone groups is 1. The fourth-order valence-corrected chi connectivity index (χ4v) is 2.60. The smallest absolute Gasteiger partial charge is 0.341 e. The highest BCUT2D eigenvalue weighted by molar-refractivity contribution is 7.91. The van der Waals surface area contributed by atoms with E-state index in [9.17, 15) is 17.2 Å². The molecule has 1 heterocycles. The molecule has 0 aliphatic rings. The molecule has 0 saturated carbocycles. The largest absolute Gasteiger partial charge is 0.382 e. The first-order valence-electron chi connectivity index (χ1n) is 5.82. The molecule has 108 valence electrons. The first-order valence-corrected chi connectivity index (χ1v) is 7.37. The first kappa shape index (κ1) is 14.4. The maximum absolute atomic E-state index is 12.6. The van der Waals surface area contributed by atoms with Gasteiger partial charge in [0.15, 0.2) is 0 Å². The van der Waals surface area contributed by atoms with Gasteiger partial charge in [-0.25, -0.2) is 13.4 Å². The van der Waals surface area contributed by atoms with Crippen LogP contribution in [0.3, 0.4) is 0 Å². The zero-order valence-corrected chi connectivity index (χ0v) is 11.2. The number of nitrogens with zero attached hydrogens (tertiary/aromatic N) is 2. The first-order chi connectivity index (χ1) is 9.51. The number of nitrogens with one attached hydrogen (secondary N) is 1. The fourth-order valence-electron chi connectivity index (χ4n) is 1.70. The number of rotatable bonds is 6. The van der Waals surface area contributed by atoms with Crippen molar-refractivity contribution in [2.24, 2.45) is 0 Å². The van der Waals surface area contributed by atoms with Gasteiger partial charge in [0, 0.05) is 25.5 Å². The highest BCUT2D eigenvalue weighted by Crippen LogP contribution is 2.25. The number of para-hydroxylation sites is 1. The van der Waals surface area contributed by atoms with Crippen molar-refractivity contribution in [3.63, 3.8) is 0 Å². The Hall–Kier alpha value is -1.96. The van der Waals surface area contributed by atoms with Gasteiger partial charge in [-0.2, -0.15) is 8.78 Å². The van der Waals surface area contributed by atoms with Crippen molar-refractivity contribution in [1.82, 2.24) is 9.55 Å². The molecular formula is C12H13F2N3O2S. The number of hydrogen-bond acceptors (Lipinski definition) is 4. The van der Waals surface area contributed by atoms with Crippen LogP contribution in [0, 0.1) is 0 Å². The Balaban J connectivity index is 2.12. The molecule has 0 unspecified atom stereocenters. The highest BCUT2D eigenvalue weighted by Gasteiger charge is 2.28. The number of benzene rings is 1. The van der Waals surface area contributed by atoms with Crippen LogP contribution >= 0.6 is 0 Å². The van der Waals surface area contributed by atoms with Gasteiger partial charge in [0.1, 0.15) is 0 Å². The molecule has 0 fully saturated rings. The average Bonchev–Trinajstić information content (AvgIpc) is 2.92. The summed E-state index contributed by atoms with van der Waals surface area (Å²) in [5.41, 5.74) is 0.174. The lowest BCUT2D eigenvalue weighted by atomic mass is 10.3. The van der Waals surface area contributed by atoms with Gasteiger partial charge < -0.3 is 9.88 Å². The zero-order chi connectivity index (χ0) is 14.6. The van der Waals surface area contributed by atoms with Gasteiger partial charge in [0.25, 0.3) is 0 Å². The summed E-state index contributed by atoms with van der Waals surface area (Å²) < 4.78 is 50.1. The summed E-state index contributed by atoms with van der Waals surface area (Å²) in [7, 11) is -4.61. The van der Waals surface area contributed by atoms with Crippen molar-refractivity contribution in [3.05, 3.63) is 43.0 Å². The molecule has 8 heteroatoms. The second-order valence-corrected chi connectivity index (χ2v) is 5.92. The van der Waals surface area contributed by atoms with E-state index < -0.39 is 15.6 Å². The molecule has 2 aromatic rings. The van der Waals surface area contributed by atoms with E-state index in [0.29, 0.717) is 13.1 Å². The molecule has 0 saturated heterocycles. The van der Waals surface area contributed by atoms with E-state index in [1.807, 2.05) is 0 Å². The van der Waals surface area contributed by atoms with E-state index in [0.717, 1.165) is 0 Å². The topological polar surface area (TPSA) is 64.0 Å². The Bertz CT molecular complexity index is 657. The van der Waals surface area contributed by atoms with Crippen LogP contribution in [-0.4, -0.2) is 30.3 Å². The van der Waals surface area contributed by atoms with Crippen LogP contribution in [0.2, 0.25) is 0 Å². The van der Waals surface area contributed by atoms with Crippen LogP contribution < -0.4 is 5.32 Å². The minimum Gasteiger partial charge on any atom is -0.382 e. The SMILES string of the molecule is O=S(=O)(c1ccccc1NCCn1ccnc1)C(F)F. The third-order valence-corrected chi connectivity index (χ3v) is 4.11. The maximum Gasteiger partial charge on any atom is 0.341 e. The summed E-state index contributed by atoms with van der Waals surface area (Å²) in [5, 5.41) is 2.85. The number of anilines is 1. The molecular weight excluding hydrogens is 288 g/mol. The standard InChI is InChI=1S/C12H13F2N3O2S/c13-12(14)20(18,19)11-4-2-1-3-10(11)16-6-8-17-7-5-15-9-17/h1-5,7,9,12,16H,6,8H2. The third kappa shape index (κ3) is 3.13. The third-order valence-electron chi connectivity index (χ3n) is 2.67. The van der Waals surface area contributed by atoms with Crippen LogP contribution in [0.25, 0.3) is 0 Å². The van der Waals surface area contributed by atoms with Crippen LogP contribution in [0.4, 0.5) is 14.5 Å². The van der Waals surface area contributed by atoms with Gasteiger partial charge in [0.2, 0.25) is 9.84 Å². The van der Waals surface area contributed by atoms with Crippen LogP contribution in [-0.2, 0) is 16.4 Å². The van der Waals surface area contributed by atoms with Gasteiger partial charge in [0.05, 0.1) is 16.9 Å². The quantitative estimate of drug-likeness (QED) is 0.886. The Morgan fingerprint density at radius 2 is 2.05 bits per heavy atom. The molecule has 0 aliphatic carbocycles. The number of aromatic nitrogens is 2. The van der Waals surface area contributed by atoms with Crippen LogP contribution in [0.5, 0.6) is 0 Å². The van der Waals surface area contributed by atoms with Crippen LogP contribution in [0.1, 0.15) is 0 Å².